The van der Waals surface area contributed by atoms with Crippen LogP contribution in [0.2, 0.25) is 0 Å². The minimum Gasteiger partial charge on any atom is -0.480 e. The monoisotopic (exact) mass is 271 g/mol. The first-order valence-corrected chi connectivity index (χ1v) is 7.23. The van der Waals surface area contributed by atoms with Crippen molar-refractivity contribution in [3.05, 3.63) is 0 Å². The Balaban J connectivity index is 2.66. The second-order valence-corrected chi connectivity index (χ2v) is 6.07. The summed E-state index contributed by atoms with van der Waals surface area (Å²) in [5.74, 6) is -0.761. The lowest BCUT2D eigenvalue weighted by molar-refractivity contribution is -0.145. The maximum Gasteiger partial charge on any atom is 0.323 e. The van der Waals surface area contributed by atoms with Crippen molar-refractivity contribution in [2.75, 3.05) is 33.2 Å². The molecule has 0 aromatic rings. The molecule has 19 heavy (non-hydrogen) atoms. The number of aliphatic carboxylic acids is 1. The van der Waals surface area contributed by atoms with E-state index in [-0.39, 0.29) is 6.04 Å². The quantitative estimate of drug-likeness (QED) is 0.750. The Morgan fingerprint density at radius 1 is 1.53 bits per heavy atom. The van der Waals surface area contributed by atoms with Crippen LogP contribution in [0.1, 0.15) is 34.1 Å². The number of carbonyl (C=O) groups is 1. The molecule has 112 valence electrons. The summed E-state index contributed by atoms with van der Waals surface area (Å²) in [6.45, 7) is 11.9. The zero-order valence-corrected chi connectivity index (χ0v) is 12.9. The van der Waals surface area contributed by atoms with Crippen LogP contribution < -0.4 is 5.32 Å². The highest BCUT2D eigenvalue weighted by molar-refractivity contribution is 5.78. The van der Waals surface area contributed by atoms with Crippen molar-refractivity contribution in [2.45, 2.75) is 51.7 Å². The van der Waals surface area contributed by atoms with Gasteiger partial charge in [0.15, 0.2) is 0 Å². The molecule has 1 aliphatic heterocycles. The third-order valence-electron chi connectivity index (χ3n) is 4.19. The number of hydrogen-bond donors (Lipinski definition) is 2. The zero-order valence-electron chi connectivity index (χ0n) is 12.9. The molecule has 0 amide bonds. The van der Waals surface area contributed by atoms with Gasteiger partial charge < -0.3 is 15.3 Å². The first-order valence-electron chi connectivity index (χ1n) is 7.23. The molecule has 0 aromatic heterocycles. The van der Waals surface area contributed by atoms with Gasteiger partial charge in [0.25, 0.3) is 0 Å². The minimum atomic E-state index is -0.836. The van der Waals surface area contributed by atoms with Gasteiger partial charge in [-0.05, 0) is 40.8 Å². The minimum absolute atomic E-state index is 0.267. The second-order valence-electron chi connectivity index (χ2n) is 6.07. The maximum atomic E-state index is 11.5. The summed E-state index contributed by atoms with van der Waals surface area (Å²) < 4.78 is 0. The molecule has 1 saturated heterocycles. The Hall–Kier alpha value is -0.650. The summed E-state index contributed by atoms with van der Waals surface area (Å²) in [7, 11) is 2.14. The number of nitrogens with zero attached hydrogens (tertiary/aromatic N) is 2. The largest absolute Gasteiger partial charge is 0.480 e. The topological polar surface area (TPSA) is 55.8 Å². The van der Waals surface area contributed by atoms with Crippen LogP contribution in [0.5, 0.6) is 0 Å². The molecule has 1 rings (SSSR count). The van der Waals surface area contributed by atoms with E-state index in [9.17, 15) is 9.90 Å². The van der Waals surface area contributed by atoms with E-state index in [1.54, 1.807) is 6.92 Å². The molecule has 5 heteroatoms. The van der Waals surface area contributed by atoms with Crippen molar-refractivity contribution >= 4 is 5.97 Å². The Labute approximate surface area is 117 Å². The normalized spacial score (nSPS) is 26.9. The highest BCUT2D eigenvalue weighted by Crippen LogP contribution is 2.20. The molecule has 1 heterocycles. The summed E-state index contributed by atoms with van der Waals surface area (Å²) in [4.78, 5) is 16.2. The average molecular weight is 271 g/mol. The van der Waals surface area contributed by atoms with Gasteiger partial charge in [-0.1, -0.05) is 6.92 Å². The zero-order chi connectivity index (χ0) is 14.6. The van der Waals surface area contributed by atoms with Crippen molar-refractivity contribution in [3.8, 4) is 0 Å². The molecule has 0 radical (unpaired) electrons. The van der Waals surface area contributed by atoms with E-state index in [2.05, 4.69) is 36.0 Å². The molecule has 0 saturated carbocycles. The number of nitrogens with one attached hydrogen (secondary N) is 1. The Morgan fingerprint density at radius 2 is 2.16 bits per heavy atom. The van der Waals surface area contributed by atoms with Crippen molar-refractivity contribution in [1.82, 2.24) is 15.1 Å². The van der Waals surface area contributed by atoms with Crippen LogP contribution in [0, 0.1) is 0 Å². The van der Waals surface area contributed by atoms with Crippen LogP contribution in [0.4, 0.5) is 0 Å². The first-order chi connectivity index (χ1) is 8.80. The maximum absolute atomic E-state index is 11.5. The molecule has 1 fully saturated rings. The Kier molecular flexibility index (Phi) is 5.77. The highest BCUT2D eigenvalue weighted by atomic mass is 16.4. The SMILES string of the molecule is CCNC(C)(CC(C)N1CCN(C)CC1C)C(=O)O. The predicted molar refractivity (Wildman–Crippen MR) is 77.5 cm³/mol. The molecule has 1 aliphatic rings. The van der Waals surface area contributed by atoms with Crippen molar-refractivity contribution < 1.29 is 9.90 Å². The van der Waals surface area contributed by atoms with Gasteiger partial charge in [0.1, 0.15) is 5.54 Å². The molecule has 2 N–H and O–H groups in total. The van der Waals surface area contributed by atoms with E-state index >= 15 is 0 Å². The molecule has 5 nitrogen and oxygen atoms in total. The third kappa shape index (κ3) is 4.16. The van der Waals surface area contributed by atoms with Crippen LogP contribution in [0.15, 0.2) is 0 Å². The molecular formula is C14H29N3O2. The summed E-state index contributed by atoms with van der Waals surface area (Å²) in [6, 6.07) is 0.747. The second kappa shape index (κ2) is 6.68. The van der Waals surface area contributed by atoms with Gasteiger partial charge in [-0.2, -0.15) is 0 Å². The van der Waals surface area contributed by atoms with Gasteiger partial charge in [0.05, 0.1) is 0 Å². The number of carboxylic acids is 1. The van der Waals surface area contributed by atoms with E-state index in [1.807, 2.05) is 6.92 Å². The fourth-order valence-electron chi connectivity index (χ4n) is 3.14. The third-order valence-corrected chi connectivity index (χ3v) is 4.19. The lowest BCUT2D eigenvalue weighted by atomic mass is 9.92. The van der Waals surface area contributed by atoms with Gasteiger partial charge in [-0.15, -0.1) is 0 Å². The van der Waals surface area contributed by atoms with Gasteiger partial charge in [0, 0.05) is 31.7 Å². The fraction of sp³-hybridized carbons (Fsp3) is 0.929. The van der Waals surface area contributed by atoms with Crippen LogP contribution in [-0.4, -0.2) is 71.7 Å². The molecule has 0 aromatic carbocycles. The summed E-state index contributed by atoms with van der Waals surface area (Å²) in [6.07, 6.45) is 0.629. The number of carboxylic acid groups (broad SMARTS) is 1. The number of hydrogen-bond acceptors (Lipinski definition) is 4. The standard InChI is InChI=1S/C14H29N3O2/c1-6-15-14(4,13(18)19)9-11(2)17-8-7-16(5)10-12(17)3/h11-12,15H,6-10H2,1-5H3,(H,18,19). The van der Waals surface area contributed by atoms with E-state index in [1.165, 1.54) is 0 Å². The summed E-state index contributed by atoms with van der Waals surface area (Å²) >= 11 is 0. The van der Waals surface area contributed by atoms with Gasteiger partial charge in [-0.25, -0.2) is 0 Å². The molecule has 3 unspecified atom stereocenters. The van der Waals surface area contributed by atoms with E-state index < -0.39 is 11.5 Å². The van der Waals surface area contributed by atoms with E-state index in [0.29, 0.717) is 19.0 Å². The van der Waals surface area contributed by atoms with E-state index in [4.69, 9.17) is 0 Å². The van der Waals surface area contributed by atoms with Crippen LogP contribution in [0.3, 0.4) is 0 Å². The predicted octanol–water partition coefficient (Wildman–Crippen LogP) is 0.854. The Bertz CT molecular complexity index is 311. The lowest BCUT2D eigenvalue weighted by Crippen LogP contribution is -2.58. The lowest BCUT2D eigenvalue weighted by Gasteiger charge is -2.43. The summed E-state index contributed by atoms with van der Waals surface area (Å²) in [5, 5.41) is 12.5. The Morgan fingerprint density at radius 3 is 2.63 bits per heavy atom. The summed E-state index contributed by atoms with van der Waals surface area (Å²) in [5.41, 5.74) is -0.836. The number of piperazine rings is 1. The molecule has 0 spiro atoms. The van der Waals surface area contributed by atoms with Gasteiger partial charge in [0.2, 0.25) is 0 Å². The van der Waals surface area contributed by atoms with E-state index in [0.717, 1.165) is 19.6 Å². The number of rotatable bonds is 6. The average Bonchev–Trinajstić information content (AvgIpc) is 2.28. The van der Waals surface area contributed by atoms with Crippen molar-refractivity contribution in [2.24, 2.45) is 0 Å². The molecule has 3 atom stereocenters. The van der Waals surface area contributed by atoms with Gasteiger partial charge in [-0.3, -0.25) is 9.69 Å². The number of likely N-dealkylation sites (N-methyl/N-ethyl adjacent to an activating group) is 2. The van der Waals surface area contributed by atoms with Crippen LogP contribution in [-0.2, 0) is 4.79 Å². The van der Waals surface area contributed by atoms with Crippen LogP contribution in [0.25, 0.3) is 0 Å². The molecule has 0 aliphatic carbocycles. The molecule has 0 bridgehead atoms. The molecular weight excluding hydrogens is 242 g/mol. The van der Waals surface area contributed by atoms with Crippen LogP contribution >= 0.6 is 0 Å². The van der Waals surface area contributed by atoms with Gasteiger partial charge >= 0.3 is 5.97 Å². The fourth-order valence-corrected chi connectivity index (χ4v) is 3.14. The first kappa shape index (κ1) is 16.4. The smallest absolute Gasteiger partial charge is 0.323 e. The van der Waals surface area contributed by atoms with Crippen molar-refractivity contribution in [1.29, 1.82) is 0 Å². The highest BCUT2D eigenvalue weighted by Gasteiger charge is 2.36. The van der Waals surface area contributed by atoms with Crippen molar-refractivity contribution in [3.63, 3.8) is 0 Å².